The number of hydrogen-bond donors (Lipinski definition) is 1. The van der Waals surface area contributed by atoms with E-state index in [1.54, 1.807) is 6.07 Å². The molecular formula is C14H10BrN3O3. The van der Waals surface area contributed by atoms with E-state index in [2.05, 4.69) is 21.2 Å². The van der Waals surface area contributed by atoms with Gasteiger partial charge in [-0.15, -0.1) is 0 Å². The van der Waals surface area contributed by atoms with Gasteiger partial charge in [0.1, 0.15) is 11.5 Å². The Kier molecular flexibility index (Phi) is 3.06. The minimum Gasteiger partial charge on any atom is -0.276 e. The fourth-order valence-electron chi connectivity index (χ4n) is 2.66. The van der Waals surface area contributed by atoms with Crippen LogP contribution in [0.25, 0.3) is 0 Å². The molecule has 21 heavy (non-hydrogen) atoms. The van der Waals surface area contributed by atoms with E-state index in [4.69, 9.17) is 0 Å². The highest BCUT2D eigenvalue weighted by atomic mass is 79.9. The molecule has 0 bridgehead atoms. The number of carbonyl (C=O) groups excluding carboxylic acids is 3. The highest BCUT2D eigenvalue weighted by molar-refractivity contribution is 9.10. The molecule has 4 amide bonds. The lowest BCUT2D eigenvalue weighted by Gasteiger charge is -2.44. The molecule has 1 aromatic rings. The number of carbonyl (C=O) groups is 3. The number of barbiturate groups is 1. The Bertz CT molecular complexity index is 719. The fourth-order valence-corrected chi connectivity index (χ4v) is 3.02. The smallest absolute Gasteiger partial charge is 0.276 e. The summed E-state index contributed by atoms with van der Waals surface area (Å²) in [6.45, 7) is 0. The standard InChI is InChI=1S/C14H10BrN3O3/c15-9-2-3-10(8(6-9)7-16)18-12(20)14(4-1-5-14)11(19)17-13(18)21/h2-3,6H,1,4-5H2,(H,17,19,21). The maximum atomic E-state index is 12.6. The first-order valence-electron chi connectivity index (χ1n) is 6.39. The van der Waals surface area contributed by atoms with Gasteiger partial charge in [0.15, 0.2) is 0 Å². The number of anilines is 1. The molecule has 0 aromatic heterocycles. The van der Waals surface area contributed by atoms with Crippen molar-refractivity contribution in [3.8, 4) is 6.07 Å². The van der Waals surface area contributed by atoms with E-state index in [1.165, 1.54) is 12.1 Å². The summed E-state index contributed by atoms with van der Waals surface area (Å²) in [5, 5.41) is 11.4. The Morgan fingerprint density at radius 3 is 2.57 bits per heavy atom. The third-order valence-electron chi connectivity index (χ3n) is 4.00. The second kappa shape index (κ2) is 4.67. The molecule has 1 saturated heterocycles. The van der Waals surface area contributed by atoms with Crippen LogP contribution in [-0.4, -0.2) is 17.8 Å². The lowest BCUT2D eigenvalue weighted by molar-refractivity contribution is -0.148. The molecule has 2 fully saturated rings. The Morgan fingerprint density at radius 2 is 2.00 bits per heavy atom. The number of urea groups is 1. The molecule has 0 atom stereocenters. The fraction of sp³-hybridized carbons (Fsp3) is 0.286. The SMILES string of the molecule is N#Cc1cc(Br)ccc1N1C(=O)NC(=O)C2(CCC2)C1=O. The second-order valence-corrected chi connectivity index (χ2v) is 6.02. The van der Waals surface area contributed by atoms with Crippen molar-refractivity contribution < 1.29 is 14.4 Å². The van der Waals surface area contributed by atoms with Crippen molar-refractivity contribution in [2.45, 2.75) is 19.3 Å². The number of rotatable bonds is 1. The topological polar surface area (TPSA) is 90.3 Å². The van der Waals surface area contributed by atoms with Crippen LogP contribution in [0.15, 0.2) is 22.7 Å². The van der Waals surface area contributed by atoms with E-state index in [9.17, 15) is 19.6 Å². The van der Waals surface area contributed by atoms with Gasteiger partial charge in [0.05, 0.1) is 11.3 Å². The third kappa shape index (κ3) is 1.87. The lowest BCUT2D eigenvalue weighted by atomic mass is 9.66. The van der Waals surface area contributed by atoms with E-state index in [-0.39, 0.29) is 11.3 Å². The summed E-state index contributed by atoms with van der Waals surface area (Å²) in [5.74, 6) is -1.07. The average Bonchev–Trinajstić information content (AvgIpc) is 2.38. The molecule has 0 unspecified atom stereocenters. The van der Waals surface area contributed by atoms with Crippen molar-refractivity contribution in [2.24, 2.45) is 5.41 Å². The third-order valence-corrected chi connectivity index (χ3v) is 4.49. The van der Waals surface area contributed by atoms with Gasteiger partial charge in [-0.25, -0.2) is 9.69 Å². The van der Waals surface area contributed by atoms with Gasteiger partial charge in [0.25, 0.3) is 5.91 Å². The summed E-state index contributed by atoms with van der Waals surface area (Å²) in [4.78, 5) is 37.5. The number of nitrogens with zero attached hydrogens (tertiary/aromatic N) is 2. The number of benzene rings is 1. The molecule has 0 radical (unpaired) electrons. The number of hydrogen-bond acceptors (Lipinski definition) is 4. The molecule has 1 N–H and O–H groups in total. The van der Waals surface area contributed by atoms with Gasteiger partial charge in [0.2, 0.25) is 5.91 Å². The summed E-state index contributed by atoms with van der Waals surface area (Å²) in [7, 11) is 0. The minimum absolute atomic E-state index is 0.191. The molecule has 3 rings (SSSR count). The minimum atomic E-state index is -1.15. The van der Waals surface area contributed by atoms with Crippen LogP contribution < -0.4 is 10.2 Å². The van der Waals surface area contributed by atoms with Crippen LogP contribution in [0, 0.1) is 16.7 Å². The predicted octanol–water partition coefficient (Wildman–Crippen LogP) is 2.07. The molecular weight excluding hydrogens is 338 g/mol. The number of imide groups is 2. The lowest BCUT2D eigenvalue weighted by Crippen LogP contribution is -2.66. The predicted molar refractivity (Wildman–Crippen MR) is 76.2 cm³/mol. The number of nitriles is 1. The van der Waals surface area contributed by atoms with Gasteiger partial charge < -0.3 is 0 Å². The van der Waals surface area contributed by atoms with Gasteiger partial charge >= 0.3 is 6.03 Å². The van der Waals surface area contributed by atoms with E-state index in [0.717, 1.165) is 11.3 Å². The molecule has 1 aliphatic heterocycles. The summed E-state index contributed by atoms with van der Waals surface area (Å²) >= 11 is 3.24. The maximum Gasteiger partial charge on any atom is 0.335 e. The van der Waals surface area contributed by atoms with Crippen LogP contribution in [-0.2, 0) is 9.59 Å². The van der Waals surface area contributed by atoms with Crippen LogP contribution in [0.1, 0.15) is 24.8 Å². The van der Waals surface area contributed by atoms with Gasteiger partial charge in [-0.05, 0) is 31.0 Å². The van der Waals surface area contributed by atoms with Gasteiger partial charge in [-0.2, -0.15) is 5.26 Å². The Labute approximate surface area is 128 Å². The normalized spacial score (nSPS) is 20.0. The second-order valence-electron chi connectivity index (χ2n) is 5.11. The highest BCUT2D eigenvalue weighted by Crippen LogP contribution is 2.45. The van der Waals surface area contributed by atoms with Crippen LogP contribution in [0.3, 0.4) is 0 Å². The van der Waals surface area contributed by atoms with Crippen molar-refractivity contribution in [2.75, 3.05) is 4.90 Å². The first-order valence-corrected chi connectivity index (χ1v) is 7.18. The van der Waals surface area contributed by atoms with Crippen LogP contribution in [0.5, 0.6) is 0 Å². The molecule has 1 saturated carbocycles. The molecule has 106 valence electrons. The van der Waals surface area contributed by atoms with Crippen molar-refractivity contribution >= 4 is 39.5 Å². The number of halogens is 1. The quantitative estimate of drug-likeness (QED) is 0.787. The van der Waals surface area contributed by atoms with Crippen molar-refractivity contribution in [1.29, 1.82) is 5.26 Å². The van der Waals surface area contributed by atoms with Crippen LogP contribution in [0.2, 0.25) is 0 Å². The zero-order valence-corrected chi connectivity index (χ0v) is 12.4. The van der Waals surface area contributed by atoms with Gasteiger partial charge in [-0.3, -0.25) is 14.9 Å². The first-order chi connectivity index (χ1) is 9.99. The van der Waals surface area contributed by atoms with Crippen molar-refractivity contribution in [1.82, 2.24) is 5.32 Å². The molecule has 1 spiro atoms. The zero-order chi connectivity index (χ0) is 15.2. The van der Waals surface area contributed by atoms with E-state index < -0.39 is 23.3 Å². The summed E-state index contributed by atoms with van der Waals surface area (Å²) in [6.07, 6.45) is 1.63. The Balaban J connectivity index is 2.09. The summed E-state index contributed by atoms with van der Waals surface area (Å²) < 4.78 is 0.669. The number of nitrogens with one attached hydrogen (secondary N) is 1. The Hall–Kier alpha value is -2.20. The zero-order valence-electron chi connectivity index (χ0n) is 10.9. The van der Waals surface area contributed by atoms with Crippen LogP contribution >= 0.6 is 15.9 Å². The monoisotopic (exact) mass is 347 g/mol. The average molecular weight is 348 g/mol. The molecule has 1 aliphatic carbocycles. The van der Waals surface area contributed by atoms with E-state index in [1.807, 2.05) is 6.07 Å². The Morgan fingerprint density at radius 1 is 1.29 bits per heavy atom. The number of amides is 4. The summed E-state index contributed by atoms with van der Waals surface area (Å²) in [6, 6.07) is 5.84. The largest absolute Gasteiger partial charge is 0.335 e. The van der Waals surface area contributed by atoms with Crippen LogP contribution in [0.4, 0.5) is 10.5 Å². The first kappa shape index (κ1) is 13.8. The molecule has 1 heterocycles. The molecule has 7 heteroatoms. The molecule has 1 aromatic carbocycles. The summed E-state index contributed by atoms with van der Waals surface area (Å²) in [5.41, 5.74) is -0.757. The molecule has 2 aliphatic rings. The van der Waals surface area contributed by atoms with Gasteiger partial charge in [-0.1, -0.05) is 22.4 Å². The van der Waals surface area contributed by atoms with Gasteiger partial charge in [0, 0.05) is 4.47 Å². The molecule has 6 nitrogen and oxygen atoms in total. The highest BCUT2D eigenvalue weighted by Gasteiger charge is 2.57. The van der Waals surface area contributed by atoms with E-state index in [0.29, 0.717) is 17.3 Å². The maximum absolute atomic E-state index is 12.6. The van der Waals surface area contributed by atoms with E-state index >= 15 is 0 Å². The van der Waals surface area contributed by atoms with Crippen molar-refractivity contribution in [3.05, 3.63) is 28.2 Å². The van der Waals surface area contributed by atoms with Crippen molar-refractivity contribution in [3.63, 3.8) is 0 Å².